The molecular weight excluding hydrogens is 408 g/mol. The predicted octanol–water partition coefficient (Wildman–Crippen LogP) is 5.34. The topological polar surface area (TPSA) is 58.2 Å². The average molecular weight is 435 g/mol. The molecule has 0 aliphatic rings. The maximum Gasteiger partial charge on any atom is 0.244 e. The molecule has 4 rings (SSSR count). The zero-order valence-electron chi connectivity index (χ0n) is 18.5. The van der Waals surface area contributed by atoms with Gasteiger partial charge in [0.1, 0.15) is 0 Å². The minimum absolute atomic E-state index is 0.198. The summed E-state index contributed by atoms with van der Waals surface area (Å²) in [6.45, 7) is 2.20. The average Bonchev–Trinajstić information content (AvgIpc) is 2.85. The van der Waals surface area contributed by atoms with Crippen LogP contribution < -0.4 is 10.6 Å². The smallest absolute Gasteiger partial charge is 0.244 e. The van der Waals surface area contributed by atoms with Gasteiger partial charge in [0.25, 0.3) is 0 Å². The van der Waals surface area contributed by atoms with Crippen LogP contribution in [0.5, 0.6) is 0 Å². The molecule has 4 heteroatoms. The molecule has 0 saturated heterocycles. The van der Waals surface area contributed by atoms with E-state index in [4.69, 9.17) is 0 Å². The third-order valence-electron chi connectivity index (χ3n) is 5.45. The Morgan fingerprint density at radius 2 is 1.18 bits per heavy atom. The second-order valence-electron chi connectivity index (χ2n) is 7.96. The van der Waals surface area contributed by atoms with Gasteiger partial charge in [-0.25, -0.2) is 0 Å². The van der Waals surface area contributed by atoms with E-state index in [2.05, 4.69) is 10.6 Å². The van der Waals surface area contributed by atoms with Crippen LogP contribution >= 0.6 is 0 Å². The monoisotopic (exact) mass is 434 g/mol. The Hall–Kier alpha value is -4.18. The summed E-state index contributed by atoms with van der Waals surface area (Å²) < 4.78 is 0. The molecule has 0 heterocycles. The van der Waals surface area contributed by atoms with Crippen molar-refractivity contribution in [1.29, 1.82) is 0 Å². The van der Waals surface area contributed by atoms with Gasteiger partial charge in [-0.15, -0.1) is 0 Å². The number of amides is 2. The Morgan fingerprint density at radius 3 is 1.76 bits per heavy atom. The van der Waals surface area contributed by atoms with Crippen molar-refractivity contribution in [2.45, 2.75) is 13.0 Å². The summed E-state index contributed by atoms with van der Waals surface area (Å²) in [6.07, 6.45) is 6.68. The van der Waals surface area contributed by atoms with E-state index in [0.29, 0.717) is 6.54 Å². The molecule has 2 amide bonds. The fraction of sp³-hybridized carbons (Fsp3) is 0.103. The molecule has 0 bridgehead atoms. The third kappa shape index (κ3) is 5.74. The Bertz CT molecular complexity index is 1340. The fourth-order valence-electron chi connectivity index (χ4n) is 3.78. The highest BCUT2D eigenvalue weighted by atomic mass is 16.2. The fourth-order valence-corrected chi connectivity index (χ4v) is 3.78. The zero-order chi connectivity index (χ0) is 23.0. The summed E-state index contributed by atoms with van der Waals surface area (Å²) in [7, 11) is 0. The molecule has 0 spiro atoms. The van der Waals surface area contributed by atoms with Crippen LogP contribution in [0.2, 0.25) is 0 Å². The van der Waals surface area contributed by atoms with Gasteiger partial charge in [0.05, 0.1) is 0 Å². The van der Waals surface area contributed by atoms with E-state index in [1.807, 2.05) is 104 Å². The van der Waals surface area contributed by atoms with E-state index in [0.717, 1.165) is 32.7 Å². The summed E-state index contributed by atoms with van der Waals surface area (Å²) >= 11 is 0. The highest BCUT2D eigenvalue weighted by Gasteiger charge is 2.06. The lowest BCUT2D eigenvalue weighted by Crippen LogP contribution is -2.40. The first-order valence-corrected chi connectivity index (χ1v) is 11.0. The normalized spacial score (nSPS) is 12.4. The van der Waals surface area contributed by atoms with Gasteiger partial charge in [-0.3, -0.25) is 9.59 Å². The SMILES string of the molecule is CC(CNC(=O)C=Cc1cccc2ccccc12)NC(=O)C=Cc1cccc2ccccc12. The zero-order valence-corrected chi connectivity index (χ0v) is 18.5. The maximum atomic E-state index is 12.3. The van der Waals surface area contributed by atoms with Crippen molar-refractivity contribution >= 4 is 45.5 Å². The van der Waals surface area contributed by atoms with Gasteiger partial charge in [0, 0.05) is 24.7 Å². The molecule has 0 fully saturated rings. The van der Waals surface area contributed by atoms with Gasteiger partial charge >= 0.3 is 0 Å². The van der Waals surface area contributed by atoms with Gasteiger partial charge in [-0.2, -0.15) is 0 Å². The van der Waals surface area contributed by atoms with Crippen LogP contribution in [-0.4, -0.2) is 24.4 Å². The van der Waals surface area contributed by atoms with Crippen LogP contribution in [-0.2, 0) is 9.59 Å². The van der Waals surface area contributed by atoms with Crippen molar-refractivity contribution in [1.82, 2.24) is 10.6 Å². The van der Waals surface area contributed by atoms with Crippen LogP contribution in [0.4, 0.5) is 0 Å². The van der Waals surface area contributed by atoms with Crippen LogP contribution in [0.3, 0.4) is 0 Å². The molecule has 2 N–H and O–H groups in total. The van der Waals surface area contributed by atoms with Crippen LogP contribution in [0.25, 0.3) is 33.7 Å². The second-order valence-corrected chi connectivity index (χ2v) is 7.96. The molecule has 4 aromatic rings. The van der Waals surface area contributed by atoms with Crippen molar-refractivity contribution in [2.24, 2.45) is 0 Å². The number of hydrogen-bond acceptors (Lipinski definition) is 2. The lowest BCUT2D eigenvalue weighted by molar-refractivity contribution is -0.118. The van der Waals surface area contributed by atoms with Gasteiger partial charge in [-0.05, 0) is 51.7 Å². The molecule has 33 heavy (non-hydrogen) atoms. The van der Waals surface area contributed by atoms with Crippen LogP contribution in [0, 0.1) is 0 Å². The Labute approximate surface area is 193 Å². The lowest BCUT2D eigenvalue weighted by Gasteiger charge is -2.12. The van der Waals surface area contributed by atoms with Crippen molar-refractivity contribution in [3.63, 3.8) is 0 Å². The molecular formula is C29H26N2O2. The molecule has 164 valence electrons. The number of nitrogens with one attached hydrogen (secondary N) is 2. The first-order chi connectivity index (χ1) is 16.1. The predicted molar refractivity (Wildman–Crippen MR) is 137 cm³/mol. The van der Waals surface area contributed by atoms with Crippen molar-refractivity contribution < 1.29 is 9.59 Å². The van der Waals surface area contributed by atoms with E-state index < -0.39 is 0 Å². The number of carbonyl (C=O) groups is 2. The van der Waals surface area contributed by atoms with Gasteiger partial charge in [0.15, 0.2) is 0 Å². The van der Waals surface area contributed by atoms with Crippen molar-refractivity contribution in [3.8, 4) is 0 Å². The lowest BCUT2D eigenvalue weighted by atomic mass is 10.0. The summed E-state index contributed by atoms with van der Waals surface area (Å²) in [5.41, 5.74) is 1.98. The molecule has 1 atom stereocenters. The minimum Gasteiger partial charge on any atom is -0.351 e. The maximum absolute atomic E-state index is 12.3. The van der Waals surface area contributed by atoms with E-state index >= 15 is 0 Å². The Morgan fingerprint density at radius 1 is 0.697 bits per heavy atom. The van der Waals surface area contributed by atoms with Crippen molar-refractivity contribution in [3.05, 3.63) is 108 Å². The standard InChI is InChI=1S/C29H26N2O2/c1-21(31-29(33)19-17-25-13-7-11-23-9-3-5-15-27(23)25)20-30-28(32)18-16-24-12-6-10-22-8-2-4-14-26(22)24/h2-19,21H,20H2,1H3,(H,30,32)(H,31,33). The summed E-state index contributed by atoms with van der Waals surface area (Å²) in [6, 6.07) is 27.9. The van der Waals surface area contributed by atoms with Crippen LogP contribution in [0.1, 0.15) is 18.1 Å². The van der Waals surface area contributed by atoms with E-state index in [-0.39, 0.29) is 17.9 Å². The first-order valence-electron chi connectivity index (χ1n) is 11.0. The van der Waals surface area contributed by atoms with E-state index in [9.17, 15) is 9.59 Å². The molecule has 4 nitrogen and oxygen atoms in total. The van der Waals surface area contributed by atoms with Gasteiger partial charge in [0.2, 0.25) is 11.8 Å². The summed E-state index contributed by atoms with van der Waals surface area (Å²) in [4.78, 5) is 24.6. The van der Waals surface area contributed by atoms with Gasteiger partial charge in [-0.1, -0.05) is 84.9 Å². The Balaban J connectivity index is 1.29. The quantitative estimate of drug-likeness (QED) is 0.386. The van der Waals surface area contributed by atoms with E-state index in [1.54, 1.807) is 0 Å². The molecule has 1 unspecified atom stereocenters. The minimum atomic E-state index is -0.204. The summed E-state index contributed by atoms with van der Waals surface area (Å²) in [5, 5.41) is 10.2. The second kappa shape index (κ2) is 10.4. The number of hydrogen-bond donors (Lipinski definition) is 2. The number of rotatable bonds is 7. The van der Waals surface area contributed by atoms with Gasteiger partial charge < -0.3 is 10.6 Å². The number of benzene rings is 4. The molecule has 4 aromatic carbocycles. The number of fused-ring (bicyclic) bond motifs is 2. The molecule has 0 aliphatic heterocycles. The molecule has 0 aliphatic carbocycles. The van der Waals surface area contributed by atoms with Crippen LogP contribution in [0.15, 0.2) is 97.1 Å². The molecule has 0 aromatic heterocycles. The largest absolute Gasteiger partial charge is 0.351 e. The molecule has 0 saturated carbocycles. The van der Waals surface area contributed by atoms with E-state index in [1.165, 1.54) is 12.2 Å². The summed E-state index contributed by atoms with van der Waals surface area (Å²) in [5.74, 6) is -0.397. The molecule has 0 radical (unpaired) electrons. The third-order valence-corrected chi connectivity index (χ3v) is 5.45. The van der Waals surface area contributed by atoms with Crippen molar-refractivity contribution in [2.75, 3.05) is 6.54 Å². The first kappa shape index (κ1) is 22.0. The number of carbonyl (C=O) groups excluding carboxylic acids is 2. The highest BCUT2D eigenvalue weighted by molar-refractivity contribution is 5.98. The Kier molecular flexibility index (Phi) is 6.96. The highest BCUT2D eigenvalue weighted by Crippen LogP contribution is 2.20.